The molecule has 1 aliphatic heterocycles. The molecule has 92 valence electrons. The molecule has 0 spiro atoms. The lowest BCUT2D eigenvalue weighted by molar-refractivity contribution is -0.128. The zero-order valence-electron chi connectivity index (χ0n) is 9.33. The topological polar surface area (TPSA) is 35.5 Å². The van der Waals surface area contributed by atoms with Crippen molar-refractivity contribution in [2.24, 2.45) is 0 Å². The molecule has 1 unspecified atom stereocenters. The van der Waals surface area contributed by atoms with Gasteiger partial charge in [-0.05, 0) is 17.7 Å². The van der Waals surface area contributed by atoms with Crippen LogP contribution < -0.4 is 4.74 Å². The van der Waals surface area contributed by atoms with E-state index in [2.05, 4.69) is 0 Å². The van der Waals surface area contributed by atoms with Gasteiger partial charge in [-0.25, -0.2) is 0 Å². The van der Waals surface area contributed by atoms with E-state index >= 15 is 0 Å². The van der Waals surface area contributed by atoms with Crippen LogP contribution in [0.25, 0.3) is 0 Å². The maximum Gasteiger partial charge on any atom is 0.156 e. The Morgan fingerprint density at radius 3 is 2.53 bits per heavy atom. The fourth-order valence-corrected chi connectivity index (χ4v) is 2.52. The molecule has 0 N–H and O–H groups in total. The number of carbonyl (C=O) groups excluding carboxylic acids is 1. The molecule has 1 fully saturated rings. The number of carbonyl (C=O) groups is 1. The highest BCUT2D eigenvalue weighted by atomic mass is 35.5. The summed E-state index contributed by atoms with van der Waals surface area (Å²) in [5.41, 5.74) is 0.814. The van der Waals surface area contributed by atoms with E-state index in [0.717, 1.165) is 5.56 Å². The third-order valence-corrected chi connectivity index (χ3v) is 3.27. The molecule has 1 atom stereocenters. The maximum atomic E-state index is 11.4. The van der Waals surface area contributed by atoms with Gasteiger partial charge in [0.15, 0.2) is 5.75 Å². The Kier molecular flexibility index (Phi) is 3.92. The van der Waals surface area contributed by atoms with Gasteiger partial charge < -0.3 is 9.47 Å². The van der Waals surface area contributed by atoms with E-state index in [-0.39, 0.29) is 11.9 Å². The van der Waals surface area contributed by atoms with Crippen molar-refractivity contribution in [3.63, 3.8) is 0 Å². The lowest BCUT2D eigenvalue weighted by Gasteiger charge is -2.23. The van der Waals surface area contributed by atoms with Crippen LogP contribution in [0.2, 0.25) is 10.0 Å². The second-order valence-corrected chi connectivity index (χ2v) is 4.68. The molecule has 1 aromatic rings. The van der Waals surface area contributed by atoms with Gasteiger partial charge in [-0.15, -0.1) is 0 Å². The average molecular weight is 275 g/mol. The first-order valence-electron chi connectivity index (χ1n) is 5.28. The highest BCUT2D eigenvalue weighted by Crippen LogP contribution is 2.37. The van der Waals surface area contributed by atoms with E-state index in [0.29, 0.717) is 35.2 Å². The minimum atomic E-state index is -0.253. The minimum Gasteiger partial charge on any atom is -0.494 e. The molecular formula is C12H12Cl2O3. The van der Waals surface area contributed by atoms with Crippen molar-refractivity contribution in [1.82, 2.24) is 0 Å². The van der Waals surface area contributed by atoms with Crippen molar-refractivity contribution in [1.29, 1.82) is 0 Å². The summed E-state index contributed by atoms with van der Waals surface area (Å²) in [6.45, 7) is 0.449. The summed E-state index contributed by atoms with van der Waals surface area (Å²) < 4.78 is 10.6. The van der Waals surface area contributed by atoms with Crippen molar-refractivity contribution in [3.8, 4) is 5.75 Å². The molecule has 2 rings (SSSR count). The number of Topliss-reactive ketones (excluding diaryl/α,β-unsaturated/α-hetero) is 1. The lowest BCUT2D eigenvalue weighted by Crippen LogP contribution is -2.19. The van der Waals surface area contributed by atoms with Gasteiger partial charge in [0, 0.05) is 12.8 Å². The lowest BCUT2D eigenvalue weighted by atomic mass is 10.0. The van der Waals surface area contributed by atoms with Crippen LogP contribution in [0.1, 0.15) is 24.5 Å². The highest BCUT2D eigenvalue weighted by molar-refractivity contribution is 6.37. The number of rotatable bonds is 2. The van der Waals surface area contributed by atoms with Crippen LogP contribution in [0.3, 0.4) is 0 Å². The van der Waals surface area contributed by atoms with Crippen molar-refractivity contribution < 1.29 is 14.3 Å². The summed E-state index contributed by atoms with van der Waals surface area (Å²) in [5, 5.41) is 0.855. The molecule has 0 aliphatic carbocycles. The molecule has 17 heavy (non-hydrogen) atoms. The molecule has 0 radical (unpaired) electrons. The van der Waals surface area contributed by atoms with Crippen molar-refractivity contribution >= 4 is 29.0 Å². The largest absolute Gasteiger partial charge is 0.494 e. The maximum absolute atomic E-state index is 11.4. The van der Waals surface area contributed by atoms with E-state index in [1.54, 1.807) is 12.1 Å². The van der Waals surface area contributed by atoms with E-state index in [1.165, 1.54) is 7.11 Å². The van der Waals surface area contributed by atoms with E-state index in [4.69, 9.17) is 32.7 Å². The number of hydrogen-bond donors (Lipinski definition) is 0. The Morgan fingerprint density at radius 2 is 2.00 bits per heavy atom. The van der Waals surface area contributed by atoms with Gasteiger partial charge in [-0.3, -0.25) is 4.79 Å². The molecule has 1 saturated heterocycles. The molecule has 1 heterocycles. The summed E-state index contributed by atoms with van der Waals surface area (Å²) in [6, 6.07) is 3.46. The van der Waals surface area contributed by atoms with Gasteiger partial charge >= 0.3 is 0 Å². The van der Waals surface area contributed by atoms with Crippen LogP contribution in [0.4, 0.5) is 0 Å². The monoisotopic (exact) mass is 274 g/mol. The summed E-state index contributed by atoms with van der Waals surface area (Å²) in [7, 11) is 1.51. The average Bonchev–Trinajstić information content (AvgIpc) is 2.28. The van der Waals surface area contributed by atoms with Crippen LogP contribution in [0.15, 0.2) is 12.1 Å². The third kappa shape index (κ3) is 2.73. The van der Waals surface area contributed by atoms with Crippen molar-refractivity contribution in [2.45, 2.75) is 18.9 Å². The Morgan fingerprint density at radius 1 is 1.35 bits per heavy atom. The summed E-state index contributed by atoms with van der Waals surface area (Å²) in [5.74, 6) is 0.642. The Labute approximate surface area is 110 Å². The third-order valence-electron chi connectivity index (χ3n) is 2.71. The van der Waals surface area contributed by atoms with Crippen LogP contribution in [0.5, 0.6) is 5.75 Å². The van der Waals surface area contributed by atoms with Gasteiger partial charge in [0.05, 0.1) is 29.9 Å². The number of hydrogen-bond acceptors (Lipinski definition) is 3. The van der Waals surface area contributed by atoms with Crippen LogP contribution in [-0.2, 0) is 9.53 Å². The molecular weight excluding hydrogens is 263 g/mol. The van der Waals surface area contributed by atoms with Gasteiger partial charge in [0.1, 0.15) is 5.78 Å². The predicted octanol–water partition coefficient (Wildman–Crippen LogP) is 3.42. The van der Waals surface area contributed by atoms with Crippen molar-refractivity contribution in [3.05, 3.63) is 27.7 Å². The SMILES string of the molecule is COc1c(Cl)cc(C2CC(=O)CCO2)cc1Cl. The Bertz CT molecular complexity index is 422. The predicted molar refractivity (Wildman–Crippen MR) is 65.9 cm³/mol. The highest BCUT2D eigenvalue weighted by Gasteiger charge is 2.23. The van der Waals surface area contributed by atoms with Gasteiger partial charge in [-0.1, -0.05) is 23.2 Å². The second kappa shape index (κ2) is 5.25. The molecule has 1 aromatic carbocycles. The number of methoxy groups -OCH3 is 1. The molecule has 0 amide bonds. The van der Waals surface area contributed by atoms with Crippen molar-refractivity contribution in [2.75, 3.05) is 13.7 Å². The first-order valence-corrected chi connectivity index (χ1v) is 6.03. The standard InChI is InChI=1S/C12H12Cl2O3/c1-16-12-9(13)4-7(5-10(12)14)11-6-8(15)2-3-17-11/h4-5,11H,2-3,6H2,1H3. The normalized spacial score (nSPS) is 20.4. The summed E-state index contributed by atoms with van der Waals surface area (Å²) >= 11 is 12.1. The quantitative estimate of drug-likeness (QED) is 0.829. The molecule has 3 nitrogen and oxygen atoms in total. The summed E-state index contributed by atoms with van der Waals surface area (Å²) in [4.78, 5) is 11.4. The van der Waals surface area contributed by atoms with Gasteiger partial charge in [0.25, 0.3) is 0 Å². The fourth-order valence-electron chi connectivity index (χ4n) is 1.86. The van der Waals surface area contributed by atoms with Crippen LogP contribution in [-0.4, -0.2) is 19.5 Å². The van der Waals surface area contributed by atoms with Crippen LogP contribution in [0, 0.1) is 0 Å². The molecule has 0 saturated carbocycles. The number of ether oxygens (including phenoxy) is 2. The number of ketones is 1. The summed E-state index contributed by atoms with van der Waals surface area (Å²) in [6.07, 6.45) is 0.602. The van der Waals surface area contributed by atoms with E-state index in [1.807, 2.05) is 0 Å². The smallest absolute Gasteiger partial charge is 0.156 e. The first kappa shape index (κ1) is 12.7. The zero-order valence-corrected chi connectivity index (χ0v) is 10.8. The molecule has 0 aromatic heterocycles. The van der Waals surface area contributed by atoms with Gasteiger partial charge in [0.2, 0.25) is 0 Å². The van der Waals surface area contributed by atoms with E-state index < -0.39 is 0 Å². The molecule has 1 aliphatic rings. The first-order chi connectivity index (χ1) is 8.11. The minimum absolute atomic E-state index is 0.198. The van der Waals surface area contributed by atoms with E-state index in [9.17, 15) is 4.79 Å². The Balaban J connectivity index is 2.30. The zero-order chi connectivity index (χ0) is 12.4. The van der Waals surface area contributed by atoms with Crippen LogP contribution >= 0.6 is 23.2 Å². The Hall–Kier alpha value is -0.770. The number of halogens is 2. The number of benzene rings is 1. The second-order valence-electron chi connectivity index (χ2n) is 3.87. The van der Waals surface area contributed by atoms with Gasteiger partial charge in [-0.2, -0.15) is 0 Å². The molecule has 0 bridgehead atoms. The fraction of sp³-hybridized carbons (Fsp3) is 0.417. The molecule has 5 heteroatoms.